The van der Waals surface area contributed by atoms with Crippen LogP contribution in [0.2, 0.25) is 0 Å². The van der Waals surface area contributed by atoms with Gasteiger partial charge in [-0.1, -0.05) is 0 Å². The minimum Gasteiger partial charge on any atom is -0.507 e. The number of carbonyl (C=O) groups excluding carboxylic acids is 2. The molecule has 2 rings (SSSR count). The van der Waals surface area contributed by atoms with E-state index < -0.39 is 0 Å². The standard InChI is InChI=1S/C13H15NO4/c1-18-10-2-3-12(16)11(8-10)13(17)14-6-4-9(15)5-7-14/h2-3,8,16H,4-7H2,1H3. The number of carbonyl (C=O) groups is 2. The molecule has 0 aliphatic carbocycles. The SMILES string of the molecule is COc1ccc(O)c(C(=O)N2CCC(=O)CC2)c1. The van der Waals surface area contributed by atoms with E-state index in [1.54, 1.807) is 11.0 Å². The molecular weight excluding hydrogens is 234 g/mol. The number of ether oxygens (including phenoxy) is 1. The van der Waals surface area contributed by atoms with E-state index in [1.807, 2.05) is 0 Å². The monoisotopic (exact) mass is 249 g/mol. The van der Waals surface area contributed by atoms with Gasteiger partial charge < -0.3 is 14.7 Å². The molecule has 5 nitrogen and oxygen atoms in total. The summed E-state index contributed by atoms with van der Waals surface area (Å²) >= 11 is 0. The second-order valence-electron chi connectivity index (χ2n) is 4.21. The van der Waals surface area contributed by atoms with Gasteiger partial charge in [0.05, 0.1) is 12.7 Å². The fourth-order valence-electron chi connectivity index (χ4n) is 1.94. The number of nitrogens with zero attached hydrogens (tertiary/aromatic N) is 1. The molecule has 0 radical (unpaired) electrons. The molecule has 1 heterocycles. The van der Waals surface area contributed by atoms with Gasteiger partial charge in [0, 0.05) is 25.9 Å². The van der Waals surface area contributed by atoms with Gasteiger partial charge in [-0.05, 0) is 18.2 Å². The number of methoxy groups -OCH3 is 1. The Kier molecular flexibility index (Phi) is 3.50. The van der Waals surface area contributed by atoms with E-state index >= 15 is 0 Å². The highest BCUT2D eigenvalue weighted by Gasteiger charge is 2.24. The number of likely N-dealkylation sites (tertiary alicyclic amines) is 1. The number of benzene rings is 1. The molecule has 0 spiro atoms. The van der Waals surface area contributed by atoms with Crippen molar-refractivity contribution in [2.75, 3.05) is 20.2 Å². The smallest absolute Gasteiger partial charge is 0.257 e. The summed E-state index contributed by atoms with van der Waals surface area (Å²) in [7, 11) is 1.50. The Morgan fingerprint density at radius 1 is 1.33 bits per heavy atom. The first-order chi connectivity index (χ1) is 8.61. The summed E-state index contributed by atoms with van der Waals surface area (Å²) in [6.45, 7) is 0.822. The lowest BCUT2D eigenvalue weighted by atomic mass is 10.1. The maximum Gasteiger partial charge on any atom is 0.257 e. The van der Waals surface area contributed by atoms with Gasteiger partial charge in [-0.15, -0.1) is 0 Å². The zero-order chi connectivity index (χ0) is 13.1. The molecule has 1 aliphatic rings. The van der Waals surface area contributed by atoms with Crippen LogP contribution in [0, 0.1) is 0 Å². The fraction of sp³-hybridized carbons (Fsp3) is 0.385. The van der Waals surface area contributed by atoms with Crippen LogP contribution in [-0.4, -0.2) is 41.9 Å². The number of hydrogen-bond acceptors (Lipinski definition) is 4. The third-order valence-corrected chi connectivity index (χ3v) is 3.04. The summed E-state index contributed by atoms with van der Waals surface area (Å²) in [6.07, 6.45) is 0.771. The lowest BCUT2D eigenvalue weighted by molar-refractivity contribution is -0.120. The van der Waals surface area contributed by atoms with Crippen LogP contribution >= 0.6 is 0 Å². The van der Waals surface area contributed by atoms with Gasteiger partial charge >= 0.3 is 0 Å². The van der Waals surface area contributed by atoms with Crippen molar-refractivity contribution in [2.24, 2.45) is 0 Å². The molecule has 0 atom stereocenters. The van der Waals surface area contributed by atoms with Crippen LogP contribution in [0.5, 0.6) is 11.5 Å². The summed E-state index contributed by atoms with van der Waals surface area (Å²) in [5.74, 6) is 0.356. The largest absolute Gasteiger partial charge is 0.507 e. The first-order valence-corrected chi connectivity index (χ1v) is 5.80. The van der Waals surface area contributed by atoms with Crippen molar-refractivity contribution in [2.45, 2.75) is 12.8 Å². The number of amides is 1. The van der Waals surface area contributed by atoms with Gasteiger partial charge in [-0.2, -0.15) is 0 Å². The van der Waals surface area contributed by atoms with Crippen molar-refractivity contribution in [1.29, 1.82) is 0 Å². The van der Waals surface area contributed by atoms with Crippen molar-refractivity contribution in [3.8, 4) is 11.5 Å². The van der Waals surface area contributed by atoms with Crippen molar-refractivity contribution >= 4 is 11.7 Å². The predicted molar refractivity (Wildman–Crippen MR) is 64.8 cm³/mol. The lowest BCUT2D eigenvalue weighted by Gasteiger charge is -2.26. The summed E-state index contributed by atoms with van der Waals surface area (Å²) in [5, 5.41) is 9.71. The maximum absolute atomic E-state index is 12.2. The van der Waals surface area contributed by atoms with Gasteiger partial charge in [0.2, 0.25) is 0 Å². The Morgan fingerprint density at radius 2 is 2.00 bits per heavy atom. The highest BCUT2D eigenvalue weighted by molar-refractivity contribution is 5.98. The van der Waals surface area contributed by atoms with Crippen LogP contribution in [0.4, 0.5) is 0 Å². The summed E-state index contributed by atoms with van der Waals surface area (Å²) in [4.78, 5) is 24.9. The van der Waals surface area contributed by atoms with E-state index in [0.717, 1.165) is 0 Å². The minimum absolute atomic E-state index is 0.0716. The Labute approximate surface area is 105 Å². The van der Waals surface area contributed by atoms with Crippen molar-refractivity contribution in [1.82, 2.24) is 4.90 Å². The normalized spacial score (nSPS) is 15.6. The van der Waals surface area contributed by atoms with Crippen molar-refractivity contribution < 1.29 is 19.4 Å². The fourth-order valence-corrected chi connectivity index (χ4v) is 1.94. The second kappa shape index (κ2) is 5.08. The Balaban J connectivity index is 2.20. The van der Waals surface area contributed by atoms with Gasteiger partial charge in [0.1, 0.15) is 17.3 Å². The topological polar surface area (TPSA) is 66.8 Å². The van der Waals surface area contributed by atoms with Crippen molar-refractivity contribution in [3.63, 3.8) is 0 Å². The Bertz CT molecular complexity index is 474. The predicted octanol–water partition coefficient (Wildman–Crippen LogP) is 1.21. The van der Waals surface area contributed by atoms with Gasteiger partial charge in [-0.25, -0.2) is 0 Å². The number of piperidine rings is 1. The van der Waals surface area contributed by atoms with Crippen LogP contribution in [-0.2, 0) is 4.79 Å². The molecule has 0 aromatic heterocycles. The molecule has 0 bridgehead atoms. The van der Waals surface area contributed by atoms with Crippen molar-refractivity contribution in [3.05, 3.63) is 23.8 Å². The molecule has 1 amide bonds. The van der Waals surface area contributed by atoms with E-state index in [1.165, 1.54) is 19.2 Å². The summed E-state index contributed by atoms with van der Waals surface area (Å²) < 4.78 is 5.03. The first kappa shape index (κ1) is 12.4. The molecule has 1 aromatic carbocycles. The second-order valence-corrected chi connectivity index (χ2v) is 4.21. The van der Waals surface area contributed by atoms with Gasteiger partial charge in [-0.3, -0.25) is 9.59 Å². The van der Waals surface area contributed by atoms with E-state index in [4.69, 9.17) is 4.74 Å². The third kappa shape index (κ3) is 2.45. The number of phenolic OH excluding ortho intramolecular Hbond substituents is 1. The zero-order valence-corrected chi connectivity index (χ0v) is 10.2. The molecule has 18 heavy (non-hydrogen) atoms. The minimum atomic E-state index is -0.265. The third-order valence-electron chi connectivity index (χ3n) is 3.04. The van der Waals surface area contributed by atoms with Crippen LogP contribution in [0.3, 0.4) is 0 Å². The Hall–Kier alpha value is -2.04. The molecule has 5 heteroatoms. The first-order valence-electron chi connectivity index (χ1n) is 5.80. The number of phenols is 1. The lowest BCUT2D eigenvalue weighted by Crippen LogP contribution is -2.38. The molecule has 1 fully saturated rings. The van der Waals surface area contributed by atoms with Gasteiger partial charge in [0.25, 0.3) is 5.91 Å². The maximum atomic E-state index is 12.2. The molecule has 96 valence electrons. The highest BCUT2D eigenvalue weighted by atomic mass is 16.5. The molecule has 1 N–H and O–H groups in total. The molecular formula is C13H15NO4. The zero-order valence-electron chi connectivity index (χ0n) is 10.2. The van der Waals surface area contributed by atoms with Crippen LogP contribution in [0.15, 0.2) is 18.2 Å². The van der Waals surface area contributed by atoms with E-state index in [0.29, 0.717) is 31.7 Å². The summed E-state index contributed by atoms with van der Waals surface area (Å²) in [6, 6.07) is 4.53. The van der Waals surface area contributed by atoms with Gasteiger partial charge in [0.15, 0.2) is 0 Å². The highest BCUT2D eigenvalue weighted by Crippen LogP contribution is 2.25. The van der Waals surface area contributed by atoms with Crippen LogP contribution in [0.1, 0.15) is 23.2 Å². The van der Waals surface area contributed by atoms with Crippen LogP contribution in [0.25, 0.3) is 0 Å². The molecule has 0 saturated carbocycles. The number of aromatic hydroxyl groups is 1. The van der Waals surface area contributed by atoms with E-state index in [-0.39, 0.29) is 23.0 Å². The number of Topliss-reactive ketones (excluding diaryl/α,β-unsaturated/α-hetero) is 1. The van der Waals surface area contributed by atoms with Crippen LogP contribution < -0.4 is 4.74 Å². The quantitative estimate of drug-likeness (QED) is 0.855. The molecule has 1 saturated heterocycles. The van der Waals surface area contributed by atoms with E-state index in [9.17, 15) is 14.7 Å². The number of rotatable bonds is 2. The Morgan fingerprint density at radius 3 is 2.61 bits per heavy atom. The number of hydrogen-bond donors (Lipinski definition) is 1. The molecule has 0 unspecified atom stereocenters. The number of ketones is 1. The summed E-state index contributed by atoms with van der Waals surface area (Å²) in [5.41, 5.74) is 0.212. The average Bonchev–Trinajstić information content (AvgIpc) is 2.39. The van der Waals surface area contributed by atoms with E-state index in [2.05, 4.69) is 0 Å². The molecule has 1 aromatic rings. The average molecular weight is 249 g/mol. The molecule has 1 aliphatic heterocycles.